The Labute approximate surface area is 159 Å². The van der Waals surface area contributed by atoms with Gasteiger partial charge in [0.05, 0.1) is 5.69 Å². The lowest BCUT2D eigenvalue weighted by atomic mass is 9.99. The smallest absolute Gasteiger partial charge is 0.183 e. The number of imidazole rings is 1. The largest absolute Gasteiger partial charge is 0.297 e. The van der Waals surface area contributed by atoms with Crippen LogP contribution in [-0.2, 0) is 0 Å². The van der Waals surface area contributed by atoms with Crippen molar-refractivity contribution in [2.45, 2.75) is 75.5 Å². The lowest BCUT2D eigenvalue weighted by molar-refractivity contribution is 0.485. The third-order valence-electron chi connectivity index (χ3n) is 6.02. The highest BCUT2D eigenvalue weighted by molar-refractivity contribution is 7.66. The van der Waals surface area contributed by atoms with E-state index < -0.39 is 25.4 Å². The first-order chi connectivity index (χ1) is 13.1. The van der Waals surface area contributed by atoms with E-state index in [4.69, 9.17) is 0 Å². The van der Waals surface area contributed by atoms with Crippen molar-refractivity contribution in [3.8, 4) is 5.69 Å². The molecule has 1 heterocycles. The Bertz CT molecular complexity index is 762. The summed E-state index contributed by atoms with van der Waals surface area (Å²) < 4.78 is 43.7. The third-order valence-corrected chi connectivity index (χ3v) is 9.42. The van der Waals surface area contributed by atoms with E-state index in [1.165, 1.54) is 64.2 Å². The van der Waals surface area contributed by atoms with Crippen molar-refractivity contribution in [2.24, 2.45) is 0 Å². The van der Waals surface area contributed by atoms with Crippen molar-refractivity contribution >= 4 is 13.5 Å². The normalized spacial score (nSPS) is 19.7. The van der Waals surface area contributed by atoms with Gasteiger partial charge in [-0.1, -0.05) is 38.5 Å². The maximum absolute atomic E-state index is 14.5. The number of benzene rings is 1. The van der Waals surface area contributed by atoms with Crippen LogP contribution >= 0.6 is 7.92 Å². The lowest BCUT2D eigenvalue weighted by Gasteiger charge is -2.38. The lowest BCUT2D eigenvalue weighted by Crippen LogP contribution is -2.31. The summed E-state index contributed by atoms with van der Waals surface area (Å²) in [5, 5.41) is 0. The summed E-state index contributed by atoms with van der Waals surface area (Å²) in [4.78, 5) is 4.62. The molecule has 27 heavy (non-hydrogen) atoms. The molecule has 2 nitrogen and oxygen atoms in total. The molecule has 0 bridgehead atoms. The Kier molecular flexibility index (Phi) is 5.87. The van der Waals surface area contributed by atoms with Crippen LogP contribution in [0.1, 0.15) is 64.2 Å². The highest BCUT2D eigenvalue weighted by Gasteiger charge is 2.35. The molecule has 2 fully saturated rings. The van der Waals surface area contributed by atoms with E-state index in [-0.39, 0.29) is 5.69 Å². The van der Waals surface area contributed by atoms with Crippen molar-refractivity contribution in [1.29, 1.82) is 0 Å². The Hall–Kier alpha value is -1.35. The summed E-state index contributed by atoms with van der Waals surface area (Å²) in [5.41, 5.74) is 1.95. The standard InChI is InChI=1S/C21H26F3N2P/c22-15-13-18(23)20(24)19(14-15)26-12-11-25-21(26)27(16-7-3-1-4-8-16)17-9-5-2-6-10-17/h11-14,16-17H,1-10H2. The van der Waals surface area contributed by atoms with Gasteiger partial charge in [0.15, 0.2) is 11.6 Å². The van der Waals surface area contributed by atoms with Gasteiger partial charge in [0.1, 0.15) is 11.4 Å². The number of rotatable bonds is 4. The van der Waals surface area contributed by atoms with E-state index in [1.54, 1.807) is 17.0 Å². The van der Waals surface area contributed by atoms with Crippen molar-refractivity contribution < 1.29 is 13.2 Å². The summed E-state index contributed by atoms with van der Waals surface area (Å²) in [7, 11) is -0.591. The molecule has 0 N–H and O–H groups in total. The second-order valence-electron chi connectivity index (χ2n) is 7.81. The molecule has 0 spiro atoms. The Morgan fingerprint density at radius 1 is 0.852 bits per heavy atom. The molecule has 0 aliphatic heterocycles. The van der Waals surface area contributed by atoms with Gasteiger partial charge < -0.3 is 0 Å². The van der Waals surface area contributed by atoms with E-state index in [2.05, 4.69) is 4.98 Å². The molecule has 1 aromatic carbocycles. The van der Waals surface area contributed by atoms with Gasteiger partial charge in [0.25, 0.3) is 0 Å². The fourth-order valence-corrected chi connectivity index (χ4v) is 8.45. The van der Waals surface area contributed by atoms with Crippen LogP contribution in [0.5, 0.6) is 0 Å². The molecule has 2 saturated carbocycles. The second-order valence-corrected chi connectivity index (χ2v) is 10.5. The Morgan fingerprint density at radius 2 is 1.44 bits per heavy atom. The number of aromatic nitrogens is 2. The molecular formula is C21H26F3N2P. The van der Waals surface area contributed by atoms with Crippen molar-refractivity contribution in [3.63, 3.8) is 0 Å². The summed E-state index contributed by atoms with van der Waals surface area (Å²) >= 11 is 0. The van der Waals surface area contributed by atoms with Crippen molar-refractivity contribution in [1.82, 2.24) is 9.55 Å². The summed E-state index contributed by atoms with van der Waals surface area (Å²) in [6.07, 6.45) is 15.6. The quantitative estimate of drug-likeness (QED) is 0.455. The van der Waals surface area contributed by atoms with Crippen LogP contribution in [0.3, 0.4) is 0 Å². The van der Waals surface area contributed by atoms with Crippen LogP contribution in [0.25, 0.3) is 5.69 Å². The van der Waals surface area contributed by atoms with E-state index in [9.17, 15) is 13.2 Å². The Balaban J connectivity index is 1.76. The molecule has 0 radical (unpaired) electrons. The minimum absolute atomic E-state index is 0.0564. The van der Waals surface area contributed by atoms with Gasteiger partial charge in [-0.25, -0.2) is 18.2 Å². The zero-order chi connectivity index (χ0) is 18.8. The topological polar surface area (TPSA) is 17.8 Å². The first-order valence-electron chi connectivity index (χ1n) is 10.1. The van der Waals surface area contributed by atoms with Gasteiger partial charge >= 0.3 is 0 Å². The zero-order valence-corrected chi connectivity index (χ0v) is 16.4. The van der Waals surface area contributed by atoms with Crippen LogP contribution in [-0.4, -0.2) is 20.9 Å². The van der Waals surface area contributed by atoms with Gasteiger partial charge in [-0.15, -0.1) is 0 Å². The SMILES string of the molecule is Fc1cc(F)c(F)c(-n2ccnc2P(C2CCCCC2)C2CCCCC2)c1. The third kappa shape index (κ3) is 3.94. The van der Waals surface area contributed by atoms with Gasteiger partial charge in [-0.3, -0.25) is 4.57 Å². The number of hydrogen-bond donors (Lipinski definition) is 0. The maximum Gasteiger partial charge on any atom is 0.183 e. The molecule has 2 aliphatic rings. The minimum Gasteiger partial charge on any atom is -0.297 e. The average molecular weight is 394 g/mol. The van der Waals surface area contributed by atoms with Crippen LogP contribution in [0.4, 0.5) is 13.2 Å². The second kappa shape index (κ2) is 8.34. The summed E-state index contributed by atoms with van der Waals surface area (Å²) in [5.74, 6) is -2.91. The summed E-state index contributed by atoms with van der Waals surface area (Å²) in [6, 6.07) is 1.68. The monoisotopic (exact) mass is 394 g/mol. The highest BCUT2D eigenvalue weighted by Crippen LogP contribution is 2.54. The van der Waals surface area contributed by atoms with Crippen molar-refractivity contribution in [2.75, 3.05) is 0 Å². The molecule has 2 aromatic rings. The van der Waals surface area contributed by atoms with Crippen molar-refractivity contribution in [3.05, 3.63) is 42.0 Å². The van der Waals surface area contributed by atoms with Crippen LogP contribution in [0.15, 0.2) is 24.5 Å². The molecule has 4 rings (SSSR count). The van der Waals surface area contributed by atoms with Gasteiger partial charge in [0.2, 0.25) is 0 Å². The Morgan fingerprint density at radius 3 is 2.04 bits per heavy atom. The van der Waals surface area contributed by atoms with E-state index in [1.807, 2.05) is 0 Å². The molecule has 0 atom stereocenters. The molecule has 1 aromatic heterocycles. The molecule has 2 aliphatic carbocycles. The molecule has 0 unspecified atom stereocenters. The zero-order valence-electron chi connectivity index (χ0n) is 15.5. The summed E-state index contributed by atoms with van der Waals surface area (Å²) in [6.45, 7) is 0. The first-order valence-corrected chi connectivity index (χ1v) is 11.6. The predicted molar refractivity (Wildman–Crippen MR) is 104 cm³/mol. The van der Waals surface area contributed by atoms with Gasteiger partial charge in [0, 0.05) is 24.5 Å². The number of halogens is 3. The minimum atomic E-state index is -1.15. The van der Waals surface area contributed by atoms with Gasteiger partial charge in [-0.2, -0.15) is 0 Å². The van der Waals surface area contributed by atoms with E-state index in [0.29, 0.717) is 17.4 Å². The van der Waals surface area contributed by atoms with E-state index in [0.717, 1.165) is 11.6 Å². The molecule has 0 amide bonds. The molecule has 6 heteroatoms. The van der Waals surface area contributed by atoms with Crippen LogP contribution < -0.4 is 5.57 Å². The molecular weight excluding hydrogens is 368 g/mol. The maximum atomic E-state index is 14.5. The number of hydrogen-bond acceptors (Lipinski definition) is 1. The fraction of sp³-hybridized carbons (Fsp3) is 0.571. The average Bonchev–Trinajstić information content (AvgIpc) is 3.16. The molecule has 0 saturated heterocycles. The predicted octanol–water partition coefficient (Wildman–Crippen LogP) is 6.06. The first kappa shape index (κ1) is 19.0. The van der Waals surface area contributed by atoms with Crippen LogP contribution in [0, 0.1) is 17.5 Å². The van der Waals surface area contributed by atoms with Gasteiger partial charge in [-0.05, 0) is 44.9 Å². The van der Waals surface area contributed by atoms with Crippen LogP contribution in [0.2, 0.25) is 0 Å². The highest BCUT2D eigenvalue weighted by atomic mass is 31.1. The fourth-order valence-electron chi connectivity index (χ4n) is 4.74. The molecule has 146 valence electrons. The number of nitrogens with zero attached hydrogens (tertiary/aromatic N) is 2. The van der Waals surface area contributed by atoms with E-state index >= 15 is 0 Å².